The highest BCUT2D eigenvalue weighted by molar-refractivity contribution is 6.42. The summed E-state index contributed by atoms with van der Waals surface area (Å²) >= 11 is 12.0. The Morgan fingerprint density at radius 2 is 1.88 bits per heavy atom. The number of rotatable bonds is 6. The summed E-state index contributed by atoms with van der Waals surface area (Å²) in [5.74, 6) is 1.46. The zero-order valence-corrected chi connectivity index (χ0v) is 14.8. The zero-order valence-electron chi connectivity index (χ0n) is 13.3. The summed E-state index contributed by atoms with van der Waals surface area (Å²) in [6, 6.07) is 7.22. The van der Waals surface area contributed by atoms with Crippen molar-refractivity contribution in [3.8, 4) is 5.75 Å². The number of piperidine rings is 1. The summed E-state index contributed by atoms with van der Waals surface area (Å²) < 4.78 is 6.01. The van der Waals surface area contributed by atoms with E-state index < -0.39 is 0 Å². The molecule has 1 fully saturated rings. The van der Waals surface area contributed by atoms with Gasteiger partial charge in [0.2, 0.25) is 5.95 Å². The standard InChI is InChI=1S/C17H20Cl2N4O/c18-15-3-2-14(12-16(15)19)24-13-4-9-23(10-5-13)11-8-22-17-20-6-1-7-21-17/h1-3,6-7,12-13H,4-5,8-11H2,(H,20,21,22). The van der Waals surface area contributed by atoms with E-state index in [2.05, 4.69) is 20.2 Å². The molecule has 1 aromatic carbocycles. The minimum atomic E-state index is 0.226. The van der Waals surface area contributed by atoms with Gasteiger partial charge in [0.25, 0.3) is 0 Å². The van der Waals surface area contributed by atoms with Crippen molar-refractivity contribution in [2.24, 2.45) is 0 Å². The molecule has 24 heavy (non-hydrogen) atoms. The lowest BCUT2D eigenvalue weighted by Gasteiger charge is -2.32. The molecule has 7 heteroatoms. The fourth-order valence-electron chi connectivity index (χ4n) is 2.71. The Bertz CT molecular complexity index is 648. The van der Waals surface area contributed by atoms with Gasteiger partial charge in [-0.3, -0.25) is 0 Å². The maximum atomic E-state index is 6.03. The van der Waals surface area contributed by atoms with E-state index in [9.17, 15) is 0 Å². The Labute approximate surface area is 152 Å². The Morgan fingerprint density at radius 1 is 1.12 bits per heavy atom. The molecular weight excluding hydrogens is 347 g/mol. The molecule has 0 bridgehead atoms. The lowest BCUT2D eigenvalue weighted by Crippen LogP contribution is -2.40. The van der Waals surface area contributed by atoms with Crippen molar-refractivity contribution in [2.45, 2.75) is 18.9 Å². The van der Waals surface area contributed by atoms with Gasteiger partial charge >= 0.3 is 0 Å². The number of aromatic nitrogens is 2. The zero-order chi connectivity index (χ0) is 16.8. The first-order valence-corrected chi connectivity index (χ1v) is 8.81. The van der Waals surface area contributed by atoms with Crippen LogP contribution in [-0.4, -0.2) is 47.2 Å². The highest BCUT2D eigenvalue weighted by Gasteiger charge is 2.20. The highest BCUT2D eigenvalue weighted by Crippen LogP contribution is 2.28. The molecule has 3 rings (SSSR count). The van der Waals surface area contributed by atoms with Gasteiger partial charge in [0.1, 0.15) is 11.9 Å². The van der Waals surface area contributed by atoms with Gasteiger partial charge in [-0.1, -0.05) is 23.2 Å². The molecule has 0 amide bonds. The van der Waals surface area contributed by atoms with Gasteiger partial charge in [0, 0.05) is 44.6 Å². The molecule has 0 spiro atoms. The average molecular weight is 367 g/mol. The molecule has 1 aliphatic heterocycles. The van der Waals surface area contributed by atoms with Gasteiger partial charge in [-0.25, -0.2) is 9.97 Å². The van der Waals surface area contributed by atoms with Crippen LogP contribution in [0.3, 0.4) is 0 Å². The number of hydrogen-bond acceptors (Lipinski definition) is 5. The fourth-order valence-corrected chi connectivity index (χ4v) is 3.00. The van der Waals surface area contributed by atoms with Gasteiger partial charge in [-0.2, -0.15) is 0 Å². The van der Waals surface area contributed by atoms with E-state index in [1.165, 1.54) is 0 Å². The van der Waals surface area contributed by atoms with E-state index in [1.54, 1.807) is 24.5 Å². The van der Waals surface area contributed by atoms with E-state index in [4.69, 9.17) is 27.9 Å². The average Bonchev–Trinajstić information content (AvgIpc) is 2.61. The number of hydrogen-bond donors (Lipinski definition) is 1. The van der Waals surface area contributed by atoms with E-state index in [1.807, 2.05) is 12.1 Å². The van der Waals surface area contributed by atoms with E-state index in [0.717, 1.165) is 44.8 Å². The number of ether oxygens (including phenoxy) is 1. The molecule has 0 saturated carbocycles. The van der Waals surface area contributed by atoms with Gasteiger partial charge < -0.3 is 15.0 Å². The number of likely N-dealkylation sites (tertiary alicyclic amines) is 1. The second-order valence-corrected chi connectivity index (χ2v) is 6.55. The van der Waals surface area contributed by atoms with Crippen LogP contribution < -0.4 is 10.1 Å². The van der Waals surface area contributed by atoms with E-state index in [0.29, 0.717) is 16.0 Å². The predicted molar refractivity (Wildman–Crippen MR) is 97.1 cm³/mol. The van der Waals surface area contributed by atoms with Crippen molar-refractivity contribution in [3.05, 3.63) is 46.7 Å². The summed E-state index contributed by atoms with van der Waals surface area (Å²) in [4.78, 5) is 10.7. The maximum absolute atomic E-state index is 6.03. The van der Waals surface area contributed by atoms with Crippen LogP contribution in [0.2, 0.25) is 10.0 Å². The van der Waals surface area contributed by atoms with Crippen LogP contribution in [0.5, 0.6) is 5.75 Å². The third-order valence-electron chi connectivity index (χ3n) is 4.01. The van der Waals surface area contributed by atoms with Crippen molar-refractivity contribution >= 4 is 29.2 Å². The summed E-state index contributed by atoms with van der Waals surface area (Å²) in [5, 5.41) is 4.31. The second kappa shape index (κ2) is 8.51. The number of anilines is 1. The van der Waals surface area contributed by atoms with Crippen molar-refractivity contribution in [1.29, 1.82) is 0 Å². The van der Waals surface area contributed by atoms with Crippen LogP contribution in [0.4, 0.5) is 5.95 Å². The molecule has 0 aliphatic carbocycles. The number of nitrogens with zero attached hydrogens (tertiary/aromatic N) is 3. The van der Waals surface area contributed by atoms with Crippen molar-refractivity contribution in [3.63, 3.8) is 0 Å². The van der Waals surface area contributed by atoms with Crippen LogP contribution >= 0.6 is 23.2 Å². The van der Waals surface area contributed by atoms with E-state index in [-0.39, 0.29) is 6.10 Å². The number of halogens is 2. The van der Waals surface area contributed by atoms with Crippen LogP contribution in [0.15, 0.2) is 36.7 Å². The molecule has 0 unspecified atom stereocenters. The summed E-state index contributed by atoms with van der Waals surface area (Å²) in [6.07, 6.45) is 5.70. The topological polar surface area (TPSA) is 50.3 Å². The third-order valence-corrected chi connectivity index (χ3v) is 4.74. The lowest BCUT2D eigenvalue weighted by atomic mass is 10.1. The monoisotopic (exact) mass is 366 g/mol. The van der Waals surface area contributed by atoms with Crippen LogP contribution in [0, 0.1) is 0 Å². The van der Waals surface area contributed by atoms with Crippen LogP contribution in [-0.2, 0) is 0 Å². The molecular formula is C17H20Cl2N4O. The molecule has 1 N–H and O–H groups in total. The van der Waals surface area contributed by atoms with Gasteiger partial charge in [-0.15, -0.1) is 0 Å². The van der Waals surface area contributed by atoms with Crippen molar-refractivity contribution in [1.82, 2.24) is 14.9 Å². The summed E-state index contributed by atoms with van der Waals surface area (Å²) in [5.41, 5.74) is 0. The van der Waals surface area contributed by atoms with Crippen molar-refractivity contribution in [2.75, 3.05) is 31.5 Å². The first-order valence-electron chi connectivity index (χ1n) is 8.05. The minimum Gasteiger partial charge on any atom is -0.490 e. The Balaban J connectivity index is 1.38. The smallest absolute Gasteiger partial charge is 0.222 e. The molecule has 2 aromatic rings. The third kappa shape index (κ3) is 4.97. The first-order chi connectivity index (χ1) is 11.7. The first kappa shape index (κ1) is 17.3. The highest BCUT2D eigenvalue weighted by atomic mass is 35.5. The molecule has 1 aromatic heterocycles. The normalized spacial score (nSPS) is 16.1. The largest absolute Gasteiger partial charge is 0.490 e. The molecule has 5 nitrogen and oxygen atoms in total. The number of nitrogens with one attached hydrogen (secondary N) is 1. The van der Waals surface area contributed by atoms with Gasteiger partial charge in [-0.05, 0) is 31.0 Å². The number of benzene rings is 1. The van der Waals surface area contributed by atoms with Crippen molar-refractivity contribution < 1.29 is 4.74 Å². The SMILES string of the molecule is Clc1ccc(OC2CCN(CCNc3ncccn3)CC2)cc1Cl. The van der Waals surface area contributed by atoms with Gasteiger partial charge in [0.05, 0.1) is 10.0 Å². The van der Waals surface area contributed by atoms with Gasteiger partial charge in [0.15, 0.2) is 0 Å². The molecule has 128 valence electrons. The minimum absolute atomic E-state index is 0.226. The molecule has 1 saturated heterocycles. The Kier molecular flexibility index (Phi) is 6.12. The molecule has 2 heterocycles. The van der Waals surface area contributed by atoms with Crippen LogP contribution in [0.25, 0.3) is 0 Å². The van der Waals surface area contributed by atoms with E-state index >= 15 is 0 Å². The molecule has 0 radical (unpaired) electrons. The van der Waals surface area contributed by atoms with Crippen LogP contribution in [0.1, 0.15) is 12.8 Å². The maximum Gasteiger partial charge on any atom is 0.222 e. The summed E-state index contributed by atoms with van der Waals surface area (Å²) in [6.45, 7) is 3.84. The Morgan fingerprint density at radius 3 is 2.58 bits per heavy atom. The lowest BCUT2D eigenvalue weighted by molar-refractivity contribution is 0.103. The Hall–Kier alpha value is -1.56. The quantitative estimate of drug-likeness (QED) is 0.843. The molecule has 0 atom stereocenters. The predicted octanol–water partition coefficient (Wildman–Crippen LogP) is 3.74. The second-order valence-electron chi connectivity index (χ2n) is 5.73. The molecule has 1 aliphatic rings. The fraction of sp³-hybridized carbons (Fsp3) is 0.412. The summed E-state index contributed by atoms with van der Waals surface area (Å²) in [7, 11) is 0.